The molecule has 0 fully saturated rings. The molecule has 0 unspecified atom stereocenters. The van der Waals surface area contributed by atoms with Crippen LogP contribution in [0.3, 0.4) is 0 Å². The van der Waals surface area contributed by atoms with Crippen LogP contribution in [0.4, 0.5) is 5.13 Å². The molecule has 0 aliphatic rings. The maximum Gasteiger partial charge on any atom is 0.269 e. The molecule has 1 heterocycles. The average molecular weight is 340 g/mol. The van der Waals surface area contributed by atoms with E-state index >= 15 is 0 Å². The molecule has 0 saturated heterocycles. The lowest BCUT2D eigenvalue weighted by molar-refractivity contribution is 0.102. The fraction of sp³-hybridized carbons (Fsp3) is 0.308. The molecule has 22 heavy (non-hydrogen) atoms. The topological polar surface area (TPSA) is 101 Å². The van der Waals surface area contributed by atoms with Crippen LogP contribution in [0.1, 0.15) is 29.3 Å². The summed E-state index contributed by atoms with van der Waals surface area (Å²) in [6.45, 7) is 4.06. The predicted molar refractivity (Wildman–Crippen MR) is 84.5 cm³/mol. The molecule has 0 radical (unpaired) electrons. The molecule has 9 heteroatoms. The maximum atomic E-state index is 12.1. The van der Waals surface area contributed by atoms with Crippen LogP contribution >= 0.6 is 11.3 Å². The SMILES string of the molecule is CCCNS(=O)(=O)c1nnc(NC(=O)c2cccc(C)c2)s1. The van der Waals surface area contributed by atoms with Gasteiger partial charge in [0.25, 0.3) is 15.9 Å². The van der Waals surface area contributed by atoms with Gasteiger partial charge in [0.05, 0.1) is 0 Å². The summed E-state index contributed by atoms with van der Waals surface area (Å²) in [5, 5.41) is 9.99. The first-order chi connectivity index (χ1) is 10.4. The Labute approximate surface area is 132 Å². The molecule has 2 N–H and O–H groups in total. The van der Waals surface area contributed by atoms with Crippen molar-refractivity contribution in [3.8, 4) is 0 Å². The number of benzene rings is 1. The van der Waals surface area contributed by atoms with Gasteiger partial charge < -0.3 is 0 Å². The highest BCUT2D eigenvalue weighted by Gasteiger charge is 2.20. The van der Waals surface area contributed by atoms with E-state index in [0.29, 0.717) is 18.5 Å². The molecule has 0 aliphatic heterocycles. The van der Waals surface area contributed by atoms with Crippen LogP contribution in [0.5, 0.6) is 0 Å². The van der Waals surface area contributed by atoms with Gasteiger partial charge >= 0.3 is 0 Å². The molecule has 118 valence electrons. The van der Waals surface area contributed by atoms with E-state index in [9.17, 15) is 13.2 Å². The Hall–Kier alpha value is -1.84. The smallest absolute Gasteiger partial charge is 0.269 e. The molecule has 0 saturated carbocycles. The fourth-order valence-corrected chi connectivity index (χ4v) is 3.69. The van der Waals surface area contributed by atoms with E-state index in [2.05, 4.69) is 20.2 Å². The van der Waals surface area contributed by atoms with Crippen LogP contribution < -0.4 is 10.0 Å². The minimum absolute atomic E-state index is 0.142. The molecular weight excluding hydrogens is 324 g/mol. The molecule has 1 amide bonds. The number of aromatic nitrogens is 2. The second-order valence-electron chi connectivity index (χ2n) is 4.59. The lowest BCUT2D eigenvalue weighted by Gasteiger charge is -2.02. The third-order valence-electron chi connectivity index (χ3n) is 2.68. The number of carbonyl (C=O) groups is 1. The van der Waals surface area contributed by atoms with Crippen molar-refractivity contribution in [3.63, 3.8) is 0 Å². The largest absolute Gasteiger partial charge is 0.296 e. The lowest BCUT2D eigenvalue weighted by Crippen LogP contribution is -2.24. The van der Waals surface area contributed by atoms with E-state index in [-0.39, 0.29) is 15.4 Å². The van der Waals surface area contributed by atoms with Crippen molar-refractivity contribution in [2.24, 2.45) is 0 Å². The van der Waals surface area contributed by atoms with Gasteiger partial charge in [-0.1, -0.05) is 36.0 Å². The number of hydrogen-bond donors (Lipinski definition) is 2. The first-order valence-corrected chi connectivity index (χ1v) is 8.93. The van der Waals surface area contributed by atoms with Crippen LogP contribution in [-0.4, -0.2) is 31.1 Å². The molecular formula is C13H16N4O3S2. The van der Waals surface area contributed by atoms with E-state index in [0.717, 1.165) is 16.9 Å². The van der Waals surface area contributed by atoms with Crippen molar-refractivity contribution in [1.82, 2.24) is 14.9 Å². The molecule has 1 aromatic heterocycles. The van der Waals surface area contributed by atoms with Crippen LogP contribution in [-0.2, 0) is 10.0 Å². The monoisotopic (exact) mass is 340 g/mol. The minimum atomic E-state index is -3.67. The van der Waals surface area contributed by atoms with Crippen molar-refractivity contribution in [2.45, 2.75) is 24.6 Å². The average Bonchev–Trinajstić information content (AvgIpc) is 2.94. The second kappa shape index (κ2) is 6.95. The van der Waals surface area contributed by atoms with Gasteiger partial charge in [0.1, 0.15) is 0 Å². The van der Waals surface area contributed by atoms with Gasteiger partial charge in [0, 0.05) is 12.1 Å². The Morgan fingerprint density at radius 1 is 1.32 bits per heavy atom. The molecule has 0 aliphatic carbocycles. The third-order valence-corrected chi connectivity index (χ3v) is 5.35. The number of aryl methyl sites for hydroxylation is 1. The van der Waals surface area contributed by atoms with Gasteiger partial charge in [0.15, 0.2) is 0 Å². The van der Waals surface area contributed by atoms with Gasteiger partial charge in [-0.05, 0) is 25.5 Å². The number of rotatable bonds is 6. The molecule has 0 atom stereocenters. The summed E-state index contributed by atoms with van der Waals surface area (Å²) >= 11 is 0.813. The van der Waals surface area contributed by atoms with E-state index in [1.54, 1.807) is 18.2 Å². The Morgan fingerprint density at radius 2 is 2.09 bits per heavy atom. The summed E-state index contributed by atoms with van der Waals surface area (Å²) in [5.41, 5.74) is 1.43. The van der Waals surface area contributed by atoms with Crippen molar-refractivity contribution in [3.05, 3.63) is 35.4 Å². The quantitative estimate of drug-likeness (QED) is 0.781. The third kappa shape index (κ3) is 4.09. The van der Waals surface area contributed by atoms with Gasteiger partial charge in [-0.2, -0.15) is 0 Å². The number of amides is 1. The minimum Gasteiger partial charge on any atom is -0.296 e. The Bertz CT molecular complexity index is 771. The second-order valence-corrected chi connectivity index (χ2v) is 7.51. The zero-order valence-corrected chi connectivity index (χ0v) is 13.8. The number of anilines is 1. The van der Waals surface area contributed by atoms with Gasteiger partial charge in [0.2, 0.25) is 9.47 Å². The van der Waals surface area contributed by atoms with Crippen molar-refractivity contribution in [1.29, 1.82) is 0 Å². The molecule has 0 bridgehead atoms. The summed E-state index contributed by atoms with van der Waals surface area (Å²) in [4.78, 5) is 12.1. The fourth-order valence-electron chi connectivity index (χ4n) is 1.62. The highest BCUT2D eigenvalue weighted by atomic mass is 32.2. The van der Waals surface area contributed by atoms with Crippen LogP contribution in [0.25, 0.3) is 0 Å². The lowest BCUT2D eigenvalue weighted by atomic mass is 10.1. The Balaban J connectivity index is 2.11. The first-order valence-electron chi connectivity index (χ1n) is 6.63. The Kier molecular flexibility index (Phi) is 5.22. The van der Waals surface area contributed by atoms with E-state index in [1.807, 2.05) is 19.9 Å². The normalized spacial score (nSPS) is 11.4. The summed E-state index contributed by atoms with van der Waals surface area (Å²) in [7, 11) is -3.67. The van der Waals surface area contributed by atoms with E-state index < -0.39 is 10.0 Å². The number of hydrogen-bond acceptors (Lipinski definition) is 6. The molecule has 7 nitrogen and oxygen atoms in total. The van der Waals surface area contributed by atoms with Crippen molar-refractivity contribution >= 4 is 32.4 Å². The standard InChI is InChI=1S/C13H16N4O3S2/c1-3-7-14-22(19,20)13-17-16-12(21-13)15-11(18)10-6-4-5-9(2)8-10/h4-6,8,14H,3,7H2,1-2H3,(H,15,16,18). The number of sulfonamides is 1. The summed E-state index contributed by atoms with van der Waals surface area (Å²) < 4.78 is 26.0. The predicted octanol–water partition coefficient (Wildman–Crippen LogP) is 1.79. The maximum absolute atomic E-state index is 12.1. The van der Waals surface area contributed by atoms with Crippen molar-refractivity contribution in [2.75, 3.05) is 11.9 Å². The summed E-state index contributed by atoms with van der Waals surface area (Å²) in [6, 6.07) is 7.06. The van der Waals surface area contributed by atoms with E-state index in [1.165, 1.54) is 0 Å². The number of nitrogens with one attached hydrogen (secondary N) is 2. The van der Waals surface area contributed by atoms with E-state index in [4.69, 9.17) is 0 Å². The highest BCUT2D eigenvalue weighted by molar-refractivity contribution is 7.91. The van der Waals surface area contributed by atoms with Crippen LogP contribution in [0.15, 0.2) is 28.6 Å². The summed E-state index contributed by atoms with van der Waals surface area (Å²) in [6.07, 6.45) is 0.676. The van der Waals surface area contributed by atoms with Crippen molar-refractivity contribution < 1.29 is 13.2 Å². The zero-order chi connectivity index (χ0) is 16.2. The number of carbonyl (C=O) groups excluding carboxylic acids is 1. The molecule has 0 spiro atoms. The first kappa shape index (κ1) is 16.5. The molecule has 2 aromatic rings. The van der Waals surface area contributed by atoms with Gasteiger partial charge in [-0.25, -0.2) is 13.1 Å². The summed E-state index contributed by atoms with van der Waals surface area (Å²) in [5.74, 6) is -0.356. The Morgan fingerprint density at radius 3 is 2.77 bits per heavy atom. The van der Waals surface area contributed by atoms with Gasteiger partial charge in [-0.3, -0.25) is 10.1 Å². The van der Waals surface area contributed by atoms with Crippen LogP contribution in [0.2, 0.25) is 0 Å². The highest BCUT2D eigenvalue weighted by Crippen LogP contribution is 2.20. The van der Waals surface area contributed by atoms with Crippen LogP contribution in [0, 0.1) is 6.92 Å². The molecule has 2 rings (SSSR count). The van der Waals surface area contributed by atoms with Gasteiger partial charge in [-0.15, -0.1) is 10.2 Å². The molecule has 1 aromatic carbocycles. The number of nitrogens with zero attached hydrogens (tertiary/aromatic N) is 2. The zero-order valence-electron chi connectivity index (χ0n) is 12.2.